The summed E-state index contributed by atoms with van der Waals surface area (Å²) in [4.78, 5) is 11.8. The molecule has 5 nitrogen and oxygen atoms in total. The van der Waals surface area contributed by atoms with Crippen LogP contribution >= 0.6 is 11.6 Å². The van der Waals surface area contributed by atoms with Crippen LogP contribution in [-0.2, 0) is 0 Å². The first kappa shape index (κ1) is 12.4. The molecule has 0 spiro atoms. The van der Waals surface area contributed by atoms with Crippen LogP contribution in [-0.4, -0.2) is 21.0 Å². The molecule has 1 heterocycles. The van der Waals surface area contributed by atoms with Crippen molar-refractivity contribution in [2.24, 2.45) is 5.92 Å². The van der Waals surface area contributed by atoms with Crippen LogP contribution in [0.25, 0.3) is 0 Å². The van der Waals surface area contributed by atoms with Gasteiger partial charge in [0.15, 0.2) is 0 Å². The average Bonchev–Trinajstić information content (AvgIpc) is 2.28. The normalized spacial score (nSPS) is 24.6. The van der Waals surface area contributed by atoms with Gasteiger partial charge in [-0.1, -0.05) is 13.3 Å². The van der Waals surface area contributed by atoms with Gasteiger partial charge in [-0.15, -0.1) is 0 Å². The third-order valence-corrected chi connectivity index (χ3v) is 3.55. The summed E-state index contributed by atoms with van der Waals surface area (Å²) >= 11 is 5.73. The Morgan fingerprint density at radius 2 is 1.94 bits per heavy atom. The standard InChI is InChI=1S/C11H18ClN5/c1-2-7-3-5-8(6-4-7)14-11-16-9(12)15-10(13)17-11/h7-8H,2-6H2,1H3,(H3,13,14,15,16,17). The fourth-order valence-electron chi connectivity index (χ4n) is 2.33. The van der Waals surface area contributed by atoms with Crippen molar-refractivity contribution in [3.63, 3.8) is 0 Å². The van der Waals surface area contributed by atoms with Crippen molar-refractivity contribution in [3.05, 3.63) is 5.28 Å². The van der Waals surface area contributed by atoms with Crippen LogP contribution in [0, 0.1) is 5.92 Å². The molecule has 0 atom stereocenters. The van der Waals surface area contributed by atoms with E-state index in [9.17, 15) is 0 Å². The van der Waals surface area contributed by atoms with E-state index in [1.807, 2.05) is 0 Å². The van der Waals surface area contributed by atoms with Crippen molar-refractivity contribution in [1.82, 2.24) is 15.0 Å². The van der Waals surface area contributed by atoms with Crippen LogP contribution in [0.3, 0.4) is 0 Å². The number of nitrogens with one attached hydrogen (secondary N) is 1. The zero-order valence-corrected chi connectivity index (χ0v) is 10.7. The molecule has 1 aromatic heterocycles. The third-order valence-electron chi connectivity index (χ3n) is 3.38. The minimum absolute atomic E-state index is 0.141. The molecule has 1 saturated carbocycles. The first-order valence-corrected chi connectivity index (χ1v) is 6.48. The molecule has 0 aliphatic heterocycles. The molecule has 1 aromatic rings. The van der Waals surface area contributed by atoms with Crippen LogP contribution in [0.15, 0.2) is 0 Å². The quantitative estimate of drug-likeness (QED) is 0.868. The maximum Gasteiger partial charge on any atom is 0.229 e. The Morgan fingerprint density at radius 3 is 2.53 bits per heavy atom. The van der Waals surface area contributed by atoms with Crippen molar-refractivity contribution in [2.75, 3.05) is 11.1 Å². The molecule has 6 heteroatoms. The highest BCUT2D eigenvalue weighted by molar-refractivity contribution is 6.28. The third kappa shape index (κ3) is 3.43. The van der Waals surface area contributed by atoms with E-state index in [2.05, 4.69) is 27.2 Å². The summed E-state index contributed by atoms with van der Waals surface area (Å²) in [5, 5.41) is 3.42. The second-order valence-electron chi connectivity index (χ2n) is 4.56. The molecule has 0 saturated heterocycles. The topological polar surface area (TPSA) is 76.7 Å². The number of rotatable bonds is 3. The zero-order valence-electron chi connectivity index (χ0n) is 9.99. The van der Waals surface area contributed by atoms with Gasteiger partial charge >= 0.3 is 0 Å². The number of anilines is 2. The van der Waals surface area contributed by atoms with E-state index in [0.717, 1.165) is 18.8 Å². The predicted molar refractivity (Wildman–Crippen MR) is 68.9 cm³/mol. The van der Waals surface area contributed by atoms with E-state index in [0.29, 0.717) is 12.0 Å². The van der Waals surface area contributed by atoms with Crippen LogP contribution < -0.4 is 11.1 Å². The molecule has 1 aliphatic carbocycles. The first-order chi connectivity index (χ1) is 8.17. The maximum absolute atomic E-state index is 5.73. The Hall–Kier alpha value is -1.10. The highest BCUT2D eigenvalue weighted by Crippen LogP contribution is 2.27. The second-order valence-corrected chi connectivity index (χ2v) is 4.89. The van der Waals surface area contributed by atoms with Crippen LogP contribution in [0.4, 0.5) is 11.9 Å². The number of aromatic nitrogens is 3. The predicted octanol–water partition coefficient (Wildman–Crippen LogP) is 2.49. The SMILES string of the molecule is CCC1CCC(Nc2nc(N)nc(Cl)n2)CC1. The van der Waals surface area contributed by atoms with Crippen molar-refractivity contribution < 1.29 is 0 Å². The van der Waals surface area contributed by atoms with E-state index >= 15 is 0 Å². The number of halogens is 1. The molecule has 0 radical (unpaired) electrons. The van der Waals surface area contributed by atoms with E-state index in [1.165, 1.54) is 19.3 Å². The number of nitrogens with zero attached hydrogens (tertiary/aromatic N) is 3. The minimum atomic E-state index is 0.141. The number of hydrogen-bond acceptors (Lipinski definition) is 5. The fourth-order valence-corrected chi connectivity index (χ4v) is 2.49. The molecule has 0 aromatic carbocycles. The second kappa shape index (κ2) is 5.49. The van der Waals surface area contributed by atoms with Crippen LogP contribution in [0.1, 0.15) is 39.0 Å². The lowest BCUT2D eigenvalue weighted by Crippen LogP contribution is -2.27. The average molecular weight is 256 g/mol. The molecule has 1 fully saturated rings. The lowest BCUT2D eigenvalue weighted by Gasteiger charge is -2.28. The first-order valence-electron chi connectivity index (χ1n) is 6.11. The molecule has 17 heavy (non-hydrogen) atoms. The van der Waals surface area contributed by atoms with Crippen molar-refractivity contribution in [1.29, 1.82) is 0 Å². The Balaban J connectivity index is 1.93. The van der Waals surface area contributed by atoms with Gasteiger partial charge in [0.25, 0.3) is 0 Å². The van der Waals surface area contributed by atoms with E-state index in [-0.39, 0.29) is 11.2 Å². The Bertz CT molecular complexity index is 356. The van der Waals surface area contributed by atoms with Gasteiger partial charge in [0.2, 0.25) is 17.2 Å². The summed E-state index contributed by atoms with van der Waals surface area (Å²) in [5.74, 6) is 1.53. The summed E-state index contributed by atoms with van der Waals surface area (Å²) in [7, 11) is 0. The lowest BCUT2D eigenvalue weighted by atomic mass is 9.85. The van der Waals surface area contributed by atoms with Crippen LogP contribution in [0.5, 0.6) is 0 Å². The lowest BCUT2D eigenvalue weighted by molar-refractivity contribution is 0.329. The van der Waals surface area contributed by atoms with E-state index < -0.39 is 0 Å². The molecule has 94 valence electrons. The van der Waals surface area contributed by atoms with Gasteiger partial charge in [-0.2, -0.15) is 15.0 Å². The highest BCUT2D eigenvalue weighted by atomic mass is 35.5. The molecule has 0 amide bonds. The number of nitrogens with two attached hydrogens (primary N) is 1. The number of hydrogen-bond donors (Lipinski definition) is 2. The van der Waals surface area contributed by atoms with Gasteiger partial charge in [-0.05, 0) is 43.2 Å². The highest BCUT2D eigenvalue weighted by Gasteiger charge is 2.20. The van der Waals surface area contributed by atoms with Gasteiger partial charge in [-0.25, -0.2) is 0 Å². The summed E-state index contributed by atoms with van der Waals surface area (Å²) in [6.45, 7) is 2.25. The molecule has 0 unspecified atom stereocenters. The van der Waals surface area contributed by atoms with Crippen LogP contribution in [0.2, 0.25) is 5.28 Å². The monoisotopic (exact) mass is 255 g/mol. The van der Waals surface area contributed by atoms with Gasteiger partial charge in [0, 0.05) is 6.04 Å². The van der Waals surface area contributed by atoms with Gasteiger partial charge in [0.1, 0.15) is 0 Å². The van der Waals surface area contributed by atoms with Crippen molar-refractivity contribution in [2.45, 2.75) is 45.1 Å². The van der Waals surface area contributed by atoms with Crippen molar-refractivity contribution >= 4 is 23.5 Å². The summed E-state index contributed by atoms with van der Waals surface area (Å²) in [6, 6.07) is 0.427. The Morgan fingerprint density at radius 1 is 1.24 bits per heavy atom. The summed E-state index contributed by atoms with van der Waals surface area (Å²) in [5.41, 5.74) is 5.52. The smallest absolute Gasteiger partial charge is 0.229 e. The zero-order chi connectivity index (χ0) is 12.3. The van der Waals surface area contributed by atoms with Crippen molar-refractivity contribution in [3.8, 4) is 0 Å². The number of nitrogen functional groups attached to an aromatic ring is 1. The molecular weight excluding hydrogens is 238 g/mol. The van der Waals surface area contributed by atoms with E-state index in [1.54, 1.807) is 0 Å². The van der Waals surface area contributed by atoms with Gasteiger partial charge < -0.3 is 11.1 Å². The molecule has 1 aliphatic rings. The van der Waals surface area contributed by atoms with Gasteiger partial charge in [-0.3, -0.25) is 0 Å². The Labute approximate surface area is 106 Å². The summed E-state index contributed by atoms with van der Waals surface area (Å²) in [6.07, 6.45) is 6.12. The molecule has 0 bridgehead atoms. The molecular formula is C11H18ClN5. The Kier molecular flexibility index (Phi) is 3.99. The van der Waals surface area contributed by atoms with E-state index in [4.69, 9.17) is 17.3 Å². The largest absolute Gasteiger partial charge is 0.368 e. The molecule has 2 rings (SSSR count). The molecule has 3 N–H and O–H groups in total. The maximum atomic E-state index is 5.73. The minimum Gasteiger partial charge on any atom is -0.368 e. The van der Waals surface area contributed by atoms with Gasteiger partial charge in [0.05, 0.1) is 0 Å². The fraction of sp³-hybridized carbons (Fsp3) is 0.727. The summed E-state index contributed by atoms with van der Waals surface area (Å²) < 4.78 is 0.